The molecule has 9 rings (SSSR count). The van der Waals surface area contributed by atoms with Gasteiger partial charge in [-0.2, -0.15) is 0 Å². The smallest absolute Gasteiger partial charge is 0.0495 e. The molecule has 240 valence electrons. The second kappa shape index (κ2) is 12.5. The summed E-state index contributed by atoms with van der Waals surface area (Å²) in [7, 11) is 2.18. The van der Waals surface area contributed by atoms with Crippen LogP contribution in [-0.4, -0.2) is 4.57 Å². The van der Waals surface area contributed by atoms with E-state index in [9.17, 15) is 0 Å². The molecule has 1 heteroatoms. The summed E-state index contributed by atoms with van der Waals surface area (Å²) in [5, 5.41) is 7.77. The maximum atomic E-state index is 2.40. The van der Waals surface area contributed by atoms with Gasteiger partial charge in [-0.05, 0) is 96.9 Å². The third-order valence-corrected chi connectivity index (χ3v) is 11.0. The molecule has 1 heterocycles. The van der Waals surface area contributed by atoms with Crippen LogP contribution < -0.4 is 0 Å². The Kier molecular flexibility index (Phi) is 7.55. The Bertz CT molecular complexity index is 2630. The van der Waals surface area contributed by atoms with Crippen LogP contribution in [0.5, 0.6) is 0 Å². The van der Waals surface area contributed by atoms with E-state index < -0.39 is 0 Å². The van der Waals surface area contributed by atoms with Crippen molar-refractivity contribution in [2.75, 3.05) is 0 Å². The Hall–Kier alpha value is -5.92. The summed E-state index contributed by atoms with van der Waals surface area (Å²) in [5.41, 5.74) is 11.7. The number of hydrogen-bond donors (Lipinski definition) is 0. The maximum Gasteiger partial charge on any atom is 0.0495 e. The minimum Gasteiger partial charge on any atom is -0.344 e. The molecule has 0 spiro atoms. The first-order chi connectivity index (χ1) is 24.6. The minimum atomic E-state index is 0.363. The predicted octanol–water partition coefficient (Wildman–Crippen LogP) is 13.1. The van der Waals surface area contributed by atoms with Crippen LogP contribution >= 0.6 is 0 Å². The Labute approximate surface area is 294 Å². The highest BCUT2D eigenvalue weighted by molar-refractivity contribution is 6.17. The van der Waals surface area contributed by atoms with E-state index >= 15 is 0 Å². The summed E-state index contributed by atoms with van der Waals surface area (Å²) in [6, 6.07) is 65.1. The molecule has 0 aliphatic carbocycles. The molecule has 2 atom stereocenters. The van der Waals surface area contributed by atoms with E-state index in [1.54, 1.807) is 0 Å². The van der Waals surface area contributed by atoms with Gasteiger partial charge in [0.15, 0.2) is 0 Å². The Morgan fingerprint density at radius 3 is 1.78 bits per heavy atom. The lowest BCUT2D eigenvalue weighted by Crippen LogP contribution is -2.12. The highest BCUT2D eigenvalue weighted by Crippen LogP contribution is 2.40. The van der Waals surface area contributed by atoms with Crippen LogP contribution in [0.1, 0.15) is 35.4 Å². The van der Waals surface area contributed by atoms with Gasteiger partial charge in [0.05, 0.1) is 0 Å². The number of aryl methyl sites for hydroxylation is 1. The van der Waals surface area contributed by atoms with E-state index in [-0.39, 0.29) is 0 Å². The standard InChI is InChI=1S/C49H39N/c1-33(35-11-4-3-5-12-35)45(43-28-25-36-13-6-7-14-40(36)30-43)29-34-19-21-37(22-20-34)38-23-26-39(27-24-38)44-17-10-18-47-49(44)46-31-41-15-8-9-16-42(41)32-48(46)50(47)2/h3-28,30-33,45H,29H2,1-2H3. The number of aromatic nitrogens is 1. The summed E-state index contributed by atoms with van der Waals surface area (Å²) >= 11 is 0. The molecule has 0 saturated carbocycles. The van der Waals surface area contributed by atoms with Crippen LogP contribution in [-0.2, 0) is 13.5 Å². The van der Waals surface area contributed by atoms with Gasteiger partial charge in [0.1, 0.15) is 0 Å². The van der Waals surface area contributed by atoms with Crippen LogP contribution in [0.3, 0.4) is 0 Å². The Morgan fingerprint density at radius 2 is 1.06 bits per heavy atom. The van der Waals surface area contributed by atoms with Crippen LogP contribution in [0.2, 0.25) is 0 Å². The average Bonchev–Trinajstić information content (AvgIpc) is 3.46. The van der Waals surface area contributed by atoms with E-state index in [1.165, 1.54) is 82.3 Å². The fraction of sp³-hybridized carbons (Fsp3) is 0.102. The average molecular weight is 642 g/mol. The van der Waals surface area contributed by atoms with Crippen molar-refractivity contribution in [1.82, 2.24) is 4.57 Å². The maximum absolute atomic E-state index is 2.40. The van der Waals surface area contributed by atoms with Gasteiger partial charge in [0.2, 0.25) is 0 Å². The zero-order valence-electron chi connectivity index (χ0n) is 28.6. The van der Waals surface area contributed by atoms with Crippen molar-refractivity contribution < 1.29 is 0 Å². The van der Waals surface area contributed by atoms with Gasteiger partial charge < -0.3 is 4.57 Å². The molecular formula is C49H39N. The molecule has 9 aromatic rings. The van der Waals surface area contributed by atoms with Gasteiger partial charge in [0.25, 0.3) is 0 Å². The van der Waals surface area contributed by atoms with Gasteiger partial charge in [-0.25, -0.2) is 0 Å². The van der Waals surface area contributed by atoms with Gasteiger partial charge in [-0.15, -0.1) is 0 Å². The molecule has 0 fully saturated rings. The Morgan fingerprint density at radius 1 is 0.460 bits per heavy atom. The van der Waals surface area contributed by atoms with Crippen molar-refractivity contribution in [1.29, 1.82) is 0 Å². The van der Waals surface area contributed by atoms with Gasteiger partial charge in [-0.3, -0.25) is 0 Å². The van der Waals surface area contributed by atoms with Crippen LogP contribution in [0, 0.1) is 0 Å². The van der Waals surface area contributed by atoms with Crippen molar-refractivity contribution in [3.63, 3.8) is 0 Å². The molecule has 50 heavy (non-hydrogen) atoms. The fourth-order valence-corrected chi connectivity index (χ4v) is 8.12. The van der Waals surface area contributed by atoms with Crippen molar-refractivity contribution in [3.8, 4) is 22.3 Å². The highest BCUT2D eigenvalue weighted by Gasteiger charge is 2.22. The zero-order chi connectivity index (χ0) is 33.6. The third kappa shape index (κ3) is 5.36. The van der Waals surface area contributed by atoms with Crippen molar-refractivity contribution in [2.24, 2.45) is 7.05 Å². The molecule has 0 aliphatic heterocycles. The quantitative estimate of drug-likeness (QED) is 0.163. The number of nitrogens with zero attached hydrogens (tertiary/aromatic N) is 1. The molecule has 8 aromatic carbocycles. The first kappa shape index (κ1) is 30.2. The SMILES string of the molecule is CC(c1ccccc1)C(Cc1ccc(-c2ccc(-c3cccc4c3c3cc5ccccc5cc3n4C)cc2)cc1)c1ccc2ccccc2c1. The molecular weight excluding hydrogens is 603 g/mol. The second-order valence-electron chi connectivity index (χ2n) is 13.9. The molecule has 1 aromatic heterocycles. The van der Waals surface area contributed by atoms with Crippen molar-refractivity contribution in [2.45, 2.75) is 25.2 Å². The lowest BCUT2D eigenvalue weighted by Gasteiger charge is -2.26. The molecule has 1 nitrogen and oxygen atoms in total. The van der Waals surface area contributed by atoms with Crippen molar-refractivity contribution >= 4 is 43.4 Å². The summed E-state index contributed by atoms with van der Waals surface area (Å²) in [5.74, 6) is 0.747. The van der Waals surface area contributed by atoms with E-state index in [4.69, 9.17) is 0 Å². The third-order valence-electron chi connectivity index (χ3n) is 11.0. The number of fused-ring (bicyclic) bond motifs is 5. The Balaban J connectivity index is 1.02. The summed E-state index contributed by atoms with van der Waals surface area (Å²) < 4.78 is 2.34. The highest BCUT2D eigenvalue weighted by atomic mass is 14.9. The molecule has 0 bridgehead atoms. The summed E-state index contributed by atoms with van der Waals surface area (Å²) in [6.07, 6.45) is 0.984. The van der Waals surface area contributed by atoms with E-state index in [1.807, 2.05) is 0 Å². The normalized spacial score (nSPS) is 12.9. The topological polar surface area (TPSA) is 4.93 Å². The molecule has 0 amide bonds. The van der Waals surface area contributed by atoms with E-state index in [2.05, 4.69) is 194 Å². The monoisotopic (exact) mass is 641 g/mol. The number of hydrogen-bond acceptors (Lipinski definition) is 0. The fourth-order valence-electron chi connectivity index (χ4n) is 8.12. The molecule has 0 saturated heterocycles. The van der Waals surface area contributed by atoms with Gasteiger partial charge in [-0.1, -0.05) is 165 Å². The second-order valence-corrected chi connectivity index (χ2v) is 13.9. The predicted molar refractivity (Wildman–Crippen MR) is 214 cm³/mol. The lowest BCUT2D eigenvalue weighted by atomic mass is 9.78. The number of benzene rings is 8. The van der Waals surface area contributed by atoms with Gasteiger partial charge >= 0.3 is 0 Å². The first-order valence-corrected chi connectivity index (χ1v) is 17.7. The molecule has 0 aliphatic rings. The van der Waals surface area contributed by atoms with E-state index in [0.717, 1.165) is 6.42 Å². The van der Waals surface area contributed by atoms with Crippen LogP contribution in [0.25, 0.3) is 65.6 Å². The molecule has 0 N–H and O–H groups in total. The lowest BCUT2D eigenvalue weighted by molar-refractivity contribution is 0.573. The number of rotatable bonds is 7. The molecule has 0 radical (unpaired) electrons. The minimum absolute atomic E-state index is 0.363. The van der Waals surface area contributed by atoms with Crippen molar-refractivity contribution in [3.05, 3.63) is 193 Å². The van der Waals surface area contributed by atoms with Crippen LogP contribution in [0.15, 0.2) is 176 Å². The first-order valence-electron chi connectivity index (χ1n) is 17.7. The zero-order valence-corrected chi connectivity index (χ0v) is 28.6. The van der Waals surface area contributed by atoms with E-state index in [0.29, 0.717) is 11.8 Å². The van der Waals surface area contributed by atoms with Gasteiger partial charge in [0, 0.05) is 28.9 Å². The summed E-state index contributed by atoms with van der Waals surface area (Å²) in [6.45, 7) is 2.38. The summed E-state index contributed by atoms with van der Waals surface area (Å²) in [4.78, 5) is 0. The van der Waals surface area contributed by atoms with Crippen LogP contribution in [0.4, 0.5) is 0 Å². The largest absolute Gasteiger partial charge is 0.344 e. The molecule has 2 unspecified atom stereocenters.